The lowest BCUT2D eigenvalue weighted by molar-refractivity contribution is 0.140. The number of nitrogens with two attached hydrogens (primary N) is 1. The highest BCUT2D eigenvalue weighted by molar-refractivity contribution is 9.10. The van der Waals surface area contributed by atoms with Gasteiger partial charge in [0.15, 0.2) is 0 Å². The summed E-state index contributed by atoms with van der Waals surface area (Å²) in [7, 11) is 0. The van der Waals surface area contributed by atoms with Crippen molar-refractivity contribution < 1.29 is 19.1 Å². The number of alkyl carbamates (subject to hydrolysis) is 1. The Morgan fingerprint density at radius 2 is 2.19 bits per heavy atom. The normalized spacial score (nSPS) is 10.6. The number of phenolic OH excluding ortho intramolecular Hbond substituents is 1. The molecule has 21 heavy (non-hydrogen) atoms. The Morgan fingerprint density at radius 3 is 2.90 bits per heavy atom. The Bertz CT molecular complexity index is 728. The fourth-order valence-corrected chi connectivity index (χ4v) is 2.07. The highest BCUT2D eigenvalue weighted by atomic mass is 79.9. The Morgan fingerprint density at radius 1 is 1.43 bits per heavy atom. The summed E-state index contributed by atoms with van der Waals surface area (Å²) in [6.45, 7) is 0.505. The second-order valence-electron chi connectivity index (χ2n) is 4.18. The van der Waals surface area contributed by atoms with E-state index in [1.54, 1.807) is 6.07 Å². The molecule has 1 aromatic heterocycles. The lowest BCUT2D eigenvalue weighted by Gasteiger charge is -2.08. The summed E-state index contributed by atoms with van der Waals surface area (Å²) in [6.07, 6.45) is -0.625. The fourth-order valence-electron chi connectivity index (χ4n) is 1.72. The first-order valence-corrected chi connectivity index (χ1v) is 6.86. The van der Waals surface area contributed by atoms with Gasteiger partial charge in [0.2, 0.25) is 0 Å². The third-order valence-electron chi connectivity index (χ3n) is 2.67. The molecule has 0 radical (unpaired) electrons. The lowest BCUT2D eigenvalue weighted by atomic mass is 10.1. The third kappa shape index (κ3) is 3.73. The number of aromatic hydroxyl groups is 1. The summed E-state index contributed by atoms with van der Waals surface area (Å²) in [5, 5.41) is 12.6. The molecule has 0 aliphatic carbocycles. The molecule has 0 saturated heterocycles. The predicted molar refractivity (Wildman–Crippen MR) is 79.1 cm³/mol. The van der Waals surface area contributed by atoms with E-state index in [-0.39, 0.29) is 17.9 Å². The van der Waals surface area contributed by atoms with Gasteiger partial charge in [0.05, 0.1) is 4.47 Å². The van der Waals surface area contributed by atoms with Crippen molar-refractivity contribution in [2.24, 2.45) is 5.73 Å². The van der Waals surface area contributed by atoms with Gasteiger partial charge in [-0.15, -0.1) is 0 Å². The number of fused-ring (bicyclic) bond motifs is 1. The highest BCUT2D eigenvalue weighted by Crippen LogP contribution is 2.30. The fraction of sp³-hybridized carbons (Fsp3) is 0.231. The van der Waals surface area contributed by atoms with Crippen LogP contribution < -0.4 is 16.7 Å². The van der Waals surface area contributed by atoms with E-state index in [9.17, 15) is 14.7 Å². The summed E-state index contributed by atoms with van der Waals surface area (Å²) in [5.41, 5.74) is 5.35. The zero-order chi connectivity index (χ0) is 15.4. The largest absolute Gasteiger partial charge is 0.507 e. The maximum atomic E-state index is 11.5. The van der Waals surface area contributed by atoms with Crippen LogP contribution in [-0.4, -0.2) is 24.3 Å². The first kappa shape index (κ1) is 15.3. The molecular formula is C13H13BrN2O5. The van der Waals surface area contributed by atoms with E-state index in [1.807, 2.05) is 0 Å². The molecule has 0 atom stereocenters. The van der Waals surface area contributed by atoms with Crippen molar-refractivity contribution in [1.82, 2.24) is 5.32 Å². The van der Waals surface area contributed by atoms with Gasteiger partial charge in [-0.2, -0.15) is 0 Å². The van der Waals surface area contributed by atoms with E-state index in [4.69, 9.17) is 14.9 Å². The molecule has 0 aliphatic heterocycles. The van der Waals surface area contributed by atoms with Crippen LogP contribution in [-0.2, 0) is 11.3 Å². The number of benzene rings is 1. The average Bonchev–Trinajstić information content (AvgIpc) is 2.44. The standard InChI is InChI=1S/C13H13BrN2O5/c14-9-4-8-7(6-20-13(19)16-2-1-15)3-12(18)21-11(8)5-10(9)17/h3-5,17H,1-2,6,15H2,(H,16,19). The highest BCUT2D eigenvalue weighted by Gasteiger charge is 2.11. The molecule has 112 valence electrons. The van der Waals surface area contributed by atoms with Crippen LogP contribution in [0.15, 0.2) is 31.9 Å². The Labute approximate surface area is 127 Å². The lowest BCUT2D eigenvalue weighted by Crippen LogP contribution is -2.29. The van der Waals surface area contributed by atoms with E-state index in [0.29, 0.717) is 28.5 Å². The Balaban J connectivity index is 2.28. The predicted octanol–water partition coefficient (Wildman–Crippen LogP) is 1.45. The van der Waals surface area contributed by atoms with Gasteiger partial charge in [0.1, 0.15) is 17.9 Å². The van der Waals surface area contributed by atoms with E-state index in [1.165, 1.54) is 12.1 Å². The van der Waals surface area contributed by atoms with Gasteiger partial charge in [-0.1, -0.05) is 0 Å². The van der Waals surface area contributed by atoms with Gasteiger partial charge < -0.3 is 25.3 Å². The van der Waals surface area contributed by atoms with Crippen LogP contribution in [0, 0.1) is 0 Å². The molecule has 0 aliphatic rings. The first-order chi connectivity index (χ1) is 10.0. The maximum Gasteiger partial charge on any atom is 0.407 e. The molecule has 0 unspecified atom stereocenters. The van der Waals surface area contributed by atoms with Crippen molar-refractivity contribution in [2.75, 3.05) is 13.1 Å². The van der Waals surface area contributed by atoms with Crippen molar-refractivity contribution in [2.45, 2.75) is 6.61 Å². The number of phenols is 1. The first-order valence-electron chi connectivity index (χ1n) is 6.07. The van der Waals surface area contributed by atoms with Gasteiger partial charge in [0, 0.05) is 36.2 Å². The molecule has 1 amide bonds. The molecule has 0 saturated carbocycles. The molecule has 8 heteroatoms. The molecule has 1 aromatic carbocycles. The smallest absolute Gasteiger partial charge is 0.407 e. The van der Waals surface area contributed by atoms with Crippen molar-refractivity contribution in [3.63, 3.8) is 0 Å². The van der Waals surface area contributed by atoms with Gasteiger partial charge in [0.25, 0.3) is 0 Å². The number of hydrogen-bond donors (Lipinski definition) is 3. The molecule has 4 N–H and O–H groups in total. The molecule has 0 bridgehead atoms. The monoisotopic (exact) mass is 356 g/mol. The summed E-state index contributed by atoms with van der Waals surface area (Å²) in [6, 6.07) is 4.14. The van der Waals surface area contributed by atoms with Gasteiger partial charge >= 0.3 is 11.7 Å². The third-order valence-corrected chi connectivity index (χ3v) is 3.31. The molecule has 7 nitrogen and oxygen atoms in total. The average molecular weight is 357 g/mol. The van der Waals surface area contributed by atoms with Crippen molar-refractivity contribution in [1.29, 1.82) is 0 Å². The minimum Gasteiger partial charge on any atom is -0.507 e. The minimum atomic E-state index is -0.625. The van der Waals surface area contributed by atoms with Crippen LogP contribution in [0.5, 0.6) is 5.75 Å². The molecular weight excluding hydrogens is 344 g/mol. The van der Waals surface area contributed by atoms with Crippen LogP contribution in [0.4, 0.5) is 4.79 Å². The topological polar surface area (TPSA) is 115 Å². The van der Waals surface area contributed by atoms with Crippen molar-refractivity contribution >= 4 is 33.0 Å². The van der Waals surface area contributed by atoms with Gasteiger partial charge in [-0.05, 0) is 22.0 Å². The maximum absolute atomic E-state index is 11.5. The number of carbonyl (C=O) groups excluding carboxylic acids is 1. The van der Waals surface area contributed by atoms with Crippen LogP contribution in [0.1, 0.15) is 5.56 Å². The number of halogens is 1. The molecule has 0 spiro atoms. The van der Waals surface area contributed by atoms with Crippen LogP contribution >= 0.6 is 15.9 Å². The summed E-state index contributed by atoms with van der Waals surface area (Å²) in [4.78, 5) is 22.9. The number of amides is 1. The van der Waals surface area contributed by atoms with E-state index in [0.717, 1.165) is 0 Å². The Hall–Kier alpha value is -2.06. The molecule has 2 rings (SSSR count). The van der Waals surface area contributed by atoms with Crippen LogP contribution in [0.3, 0.4) is 0 Å². The summed E-state index contributed by atoms with van der Waals surface area (Å²) in [5.74, 6) is -0.0515. The zero-order valence-electron chi connectivity index (χ0n) is 10.9. The van der Waals surface area contributed by atoms with Crippen LogP contribution in [0.25, 0.3) is 11.0 Å². The summed E-state index contributed by atoms with van der Waals surface area (Å²) >= 11 is 3.18. The quantitative estimate of drug-likeness (QED) is 0.714. The van der Waals surface area contributed by atoms with E-state index in [2.05, 4.69) is 21.2 Å². The second kappa shape index (κ2) is 6.59. The molecule has 2 aromatic rings. The number of rotatable bonds is 4. The van der Waals surface area contributed by atoms with E-state index < -0.39 is 11.7 Å². The van der Waals surface area contributed by atoms with Gasteiger partial charge in [-0.25, -0.2) is 9.59 Å². The van der Waals surface area contributed by atoms with Crippen molar-refractivity contribution in [3.05, 3.63) is 38.7 Å². The number of carbonyl (C=O) groups is 1. The molecule has 0 fully saturated rings. The number of hydrogen-bond acceptors (Lipinski definition) is 6. The summed E-state index contributed by atoms with van der Waals surface area (Å²) < 4.78 is 10.4. The van der Waals surface area contributed by atoms with Crippen LogP contribution in [0.2, 0.25) is 0 Å². The minimum absolute atomic E-state index is 0.0515. The molecule has 1 heterocycles. The van der Waals surface area contributed by atoms with Gasteiger partial charge in [-0.3, -0.25) is 0 Å². The number of nitrogens with one attached hydrogen (secondary N) is 1. The number of ether oxygens (including phenoxy) is 1. The van der Waals surface area contributed by atoms with Crippen molar-refractivity contribution in [3.8, 4) is 5.75 Å². The zero-order valence-corrected chi connectivity index (χ0v) is 12.5. The second-order valence-corrected chi connectivity index (χ2v) is 5.04. The Kier molecular flexibility index (Phi) is 4.81. The van der Waals surface area contributed by atoms with E-state index >= 15 is 0 Å². The SMILES string of the molecule is NCCNC(=O)OCc1cc(=O)oc2cc(O)c(Br)cc12.